The Balaban J connectivity index is 1.74. The molecule has 0 aliphatic rings. The van der Waals surface area contributed by atoms with Crippen molar-refractivity contribution in [3.8, 4) is 17.8 Å². The molecule has 0 amide bonds. The first-order valence-electron chi connectivity index (χ1n) is 9.62. The van der Waals surface area contributed by atoms with Gasteiger partial charge in [-0.15, -0.1) is 10.2 Å². The number of fused-ring (bicyclic) bond motifs is 1. The second kappa shape index (κ2) is 9.50. The Morgan fingerprint density at radius 3 is 2.61 bits per heavy atom. The predicted molar refractivity (Wildman–Crippen MR) is 122 cm³/mol. The van der Waals surface area contributed by atoms with Crippen molar-refractivity contribution in [3.63, 3.8) is 0 Å². The Morgan fingerprint density at radius 1 is 1.12 bits per heavy atom. The van der Waals surface area contributed by atoms with Crippen molar-refractivity contribution < 1.29 is 23.7 Å². The zero-order valence-electron chi connectivity index (χ0n) is 17.7. The smallest absolute Gasteiger partial charge is 0.477 e. The third-order valence-corrected chi connectivity index (χ3v) is 5.53. The number of hydrogen-bond donors (Lipinski definition) is 4. The maximum absolute atomic E-state index is 11.9. The summed E-state index contributed by atoms with van der Waals surface area (Å²) in [5.74, 6) is 0.585. The van der Waals surface area contributed by atoms with Crippen molar-refractivity contribution in [2.24, 2.45) is 5.14 Å². The third-order valence-electron chi connectivity index (χ3n) is 4.76. The number of ether oxygens (including phenoxy) is 2. The molecule has 0 saturated heterocycles. The van der Waals surface area contributed by atoms with Gasteiger partial charge in [0.1, 0.15) is 16.5 Å². The second-order valence-electron chi connectivity index (χ2n) is 6.80. The molecular formula is C19H20BN7O5S. The maximum atomic E-state index is 11.9. The monoisotopic (exact) mass is 469 g/mol. The van der Waals surface area contributed by atoms with Crippen molar-refractivity contribution in [1.29, 1.82) is 0 Å². The SMILES string of the molecule is COc1nnc(-n2c(OC)nc3c(S(N)=O)cccc32)nc1NCc1cccc(B(O)O)c1. The first-order chi connectivity index (χ1) is 15.9. The molecule has 33 heavy (non-hydrogen) atoms. The van der Waals surface area contributed by atoms with E-state index in [0.717, 1.165) is 5.56 Å². The van der Waals surface area contributed by atoms with Crippen LogP contribution in [0.15, 0.2) is 47.4 Å². The van der Waals surface area contributed by atoms with E-state index in [1.165, 1.54) is 18.8 Å². The second-order valence-corrected chi connectivity index (χ2v) is 7.83. The van der Waals surface area contributed by atoms with E-state index >= 15 is 0 Å². The molecule has 2 heterocycles. The van der Waals surface area contributed by atoms with Crippen LogP contribution in [0.1, 0.15) is 5.56 Å². The summed E-state index contributed by atoms with van der Waals surface area (Å²) in [6, 6.07) is 12.0. The molecule has 0 bridgehead atoms. The molecule has 0 fully saturated rings. The van der Waals surface area contributed by atoms with Gasteiger partial charge in [0.25, 0.3) is 11.8 Å². The van der Waals surface area contributed by atoms with Gasteiger partial charge >= 0.3 is 13.1 Å². The highest BCUT2D eigenvalue weighted by Crippen LogP contribution is 2.29. The fourth-order valence-electron chi connectivity index (χ4n) is 3.25. The van der Waals surface area contributed by atoms with Crippen LogP contribution in [0, 0.1) is 0 Å². The van der Waals surface area contributed by atoms with Crippen LogP contribution in [0.25, 0.3) is 17.0 Å². The molecule has 12 nitrogen and oxygen atoms in total. The van der Waals surface area contributed by atoms with Crippen LogP contribution in [-0.2, 0) is 17.5 Å². The molecule has 1 unspecified atom stereocenters. The van der Waals surface area contributed by atoms with E-state index in [-0.39, 0.29) is 17.8 Å². The first-order valence-corrected chi connectivity index (χ1v) is 10.8. The third kappa shape index (κ3) is 4.49. The Kier molecular flexibility index (Phi) is 6.51. The summed E-state index contributed by atoms with van der Waals surface area (Å²) in [7, 11) is -0.440. The number of aromatic nitrogens is 5. The summed E-state index contributed by atoms with van der Waals surface area (Å²) in [4.78, 5) is 9.24. The van der Waals surface area contributed by atoms with Gasteiger partial charge in [-0.2, -0.15) is 9.97 Å². The summed E-state index contributed by atoms with van der Waals surface area (Å²) < 4.78 is 24.1. The standard InChI is InChI=1S/C19H20BN7O5S/c1-31-17-16(22-10-11-5-3-6-12(9-11)20(28)29)24-18(26-25-17)27-13-7-4-8-14(33(21)30)15(13)23-19(27)32-2/h3-9,28-29H,10,21H2,1-2H3,(H,22,24,26). The Morgan fingerprint density at radius 2 is 1.91 bits per heavy atom. The number of para-hydroxylation sites is 1. The number of anilines is 1. The minimum absolute atomic E-state index is 0.136. The van der Waals surface area contributed by atoms with E-state index in [4.69, 9.17) is 14.6 Å². The molecule has 170 valence electrons. The quantitative estimate of drug-likeness (QED) is 0.247. The van der Waals surface area contributed by atoms with E-state index in [0.29, 0.717) is 33.8 Å². The van der Waals surface area contributed by atoms with Crippen LogP contribution >= 0.6 is 0 Å². The van der Waals surface area contributed by atoms with Gasteiger partial charge in [-0.1, -0.05) is 30.3 Å². The minimum atomic E-state index is -1.75. The zero-order chi connectivity index (χ0) is 23.5. The number of nitrogens with two attached hydrogens (primary N) is 1. The lowest BCUT2D eigenvalue weighted by Gasteiger charge is -2.12. The summed E-state index contributed by atoms with van der Waals surface area (Å²) in [5.41, 5.74) is 2.07. The van der Waals surface area contributed by atoms with Gasteiger partial charge in [-0.25, -0.2) is 13.9 Å². The molecule has 4 rings (SSSR count). The summed E-state index contributed by atoms with van der Waals surface area (Å²) in [6.07, 6.45) is 0. The van der Waals surface area contributed by atoms with Crippen molar-refractivity contribution in [2.45, 2.75) is 11.4 Å². The van der Waals surface area contributed by atoms with Gasteiger partial charge in [-0.05, 0) is 23.2 Å². The Bertz CT molecular complexity index is 1330. The molecule has 0 radical (unpaired) electrons. The predicted octanol–water partition coefficient (Wildman–Crippen LogP) is -0.499. The van der Waals surface area contributed by atoms with E-state index in [2.05, 4.69) is 25.5 Å². The molecule has 2 aromatic carbocycles. The highest BCUT2D eigenvalue weighted by atomic mass is 32.2. The Hall–Kier alpha value is -3.59. The lowest BCUT2D eigenvalue weighted by atomic mass is 9.80. The molecular weight excluding hydrogens is 449 g/mol. The number of nitrogens with one attached hydrogen (secondary N) is 1. The van der Waals surface area contributed by atoms with Gasteiger partial charge in [0, 0.05) is 6.54 Å². The van der Waals surface area contributed by atoms with Gasteiger partial charge in [-0.3, -0.25) is 0 Å². The normalized spacial score (nSPS) is 11.9. The van der Waals surface area contributed by atoms with Crippen LogP contribution in [0.5, 0.6) is 11.9 Å². The van der Waals surface area contributed by atoms with Crippen molar-refractivity contribution in [2.75, 3.05) is 19.5 Å². The molecule has 14 heteroatoms. The molecule has 0 aliphatic heterocycles. The molecule has 1 atom stereocenters. The highest BCUT2D eigenvalue weighted by molar-refractivity contribution is 7.83. The lowest BCUT2D eigenvalue weighted by Crippen LogP contribution is -2.30. The summed E-state index contributed by atoms with van der Waals surface area (Å²) >= 11 is 0. The number of nitrogens with zero attached hydrogens (tertiary/aromatic N) is 5. The number of hydrogen-bond acceptors (Lipinski definition) is 10. The largest absolute Gasteiger partial charge is 0.488 e. The number of rotatable bonds is 8. The molecule has 4 aromatic rings. The number of imidazole rings is 1. The minimum Gasteiger partial charge on any atom is -0.477 e. The van der Waals surface area contributed by atoms with Crippen LogP contribution in [0.4, 0.5) is 5.82 Å². The van der Waals surface area contributed by atoms with Crippen LogP contribution in [0.2, 0.25) is 0 Å². The van der Waals surface area contributed by atoms with E-state index in [9.17, 15) is 14.3 Å². The molecule has 0 spiro atoms. The molecule has 0 saturated carbocycles. The van der Waals surface area contributed by atoms with Crippen molar-refractivity contribution in [1.82, 2.24) is 24.7 Å². The maximum Gasteiger partial charge on any atom is 0.488 e. The Labute approximate surface area is 191 Å². The summed E-state index contributed by atoms with van der Waals surface area (Å²) in [5, 5.41) is 35.7. The fourth-order valence-corrected chi connectivity index (χ4v) is 3.80. The van der Waals surface area contributed by atoms with Gasteiger partial charge < -0.3 is 24.8 Å². The van der Waals surface area contributed by atoms with Gasteiger partial charge in [0.05, 0.1) is 24.6 Å². The average molecular weight is 469 g/mol. The van der Waals surface area contributed by atoms with E-state index in [1.807, 2.05) is 6.07 Å². The fraction of sp³-hybridized carbons (Fsp3) is 0.158. The first kappa shape index (κ1) is 22.6. The summed E-state index contributed by atoms with van der Waals surface area (Å²) in [6.45, 7) is 0.299. The molecule has 5 N–H and O–H groups in total. The van der Waals surface area contributed by atoms with Gasteiger partial charge in [0.15, 0.2) is 5.82 Å². The van der Waals surface area contributed by atoms with E-state index < -0.39 is 18.1 Å². The van der Waals surface area contributed by atoms with E-state index in [1.54, 1.807) is 36.4 Å². The average Bonchev–Trinajstić information content (AvgIpc) is 3.21. The number of methoxy groups -OCH3 is 2. The van der Waals surface area contributed by atoms with Crippen molar-refractivity contribution >= 4 is 40.4 Å². The van der Waals surface area contributed by atoms with Crippen LogP contribution in [0.3, 0.4) is 0 Å². The zero-order valence-corrected chi connectivity index (χ0v) is 18.5. The van der Waals surface area contributed by atoms with Gasteiger partial charge in [0.2, 0.25) is 0 Å². The van der Waals surface area contributed by atoms with Crippen LogP contribution in [-0.4, -0.2) is 60.3 Å². The molecule has 0 aliphatic carbocycles. The highest BCUT2D eigenvalue weighted by Gasteiger charge is 2.21. The van der Waals surface area contributed by atoms with Crippen LogP contribution < -0.4 is 25.4 Å². The lowest BCUT2D eigenvalue weighted by molar-refractivity contribution is 0.371. The number of benzene rings is 2. The van der Waals surface area contributed by atoms with Crippen molar-refractivity contribution in [3.05, 3.63) is 48.0 Å². The topological polar surface area (TPSA) is 171 Å². The molecule has 2 aromatic heterocycles.